The van der Waals surface area contributed by atoms with Crippen LogP contribution in [0, 0.1) is 0 Å². The van der Waals surface area contributed by atoms with Gasteiger partial charge in [0.2, 0.25) is 0 Å². The standard InChI is InChI=1S/C14H14N2O3/c15-16-14(18)12-7-6-11(8-13(12)17)19-9-10-4-2-1-3-5-10/h1-8,17H,9,15H2,(H,16,18). The van der Waals surface area contributed by atoms with Gasteiger partial charge in [-0.15, -0.1) is 0 Å². The number of nitrogens with one attached hydrogen (secondary N) is 1. The molecule has 0 saturated heterocycles. The fourth-order valence-corrected chi connectivity index (χ4v) is 1.61. The maximum absolute atomic E-state index is 11.3. The third-order valence-corrected chi connectivity index (χ3v) is 2.59. The van der Waals surface area contributed by atoms with Gasteiger partial charge in [-0.05, 0) is 17.7 Å². The third-order valence-electron chi connectivity index (χ3n) is 2.59. The van der Waals surface area contributed by atoms with Crippen molar-refractivity contribution in [1.82, 2.24) is 5.43 Å². The molecule has 0 radical (unpaired) electrons. The number of ether oxygens (including phenoxy) is 1. The Bertz CT molecular complexity index is 570. The summed E-state index contributed by atoms with van der Waals surface area (Å²) in [5.41, 5.74) is 3.08. The summed E-state index contributed by atoms with van der Waals surface area (Å²) in [4.78, 5) is 11.3. The van der Waals surface area contributed by atoms with Crippen LogP contribution in [0.3, 0.4) is 0 Å². The van der Waals surface area contributed by atoms with Crippen LogP contribution in [0.15, 0.2) is 48.5 Å². The van der Waals surface area contributed by atoms with Crippen molar-refractivity contribution in [1.29, 1.82) is 0 Å². The number of nitrogen functional groups attached to an aromatic ring is 1. The number of hydrogen-bond acceptors (Lipinski definition) is 4. The molecule has 0 saturated carbocycles. The average molecular weight is 258 g/mol. The van der Waals surface area contributed by atoms with Crippen molar-refractivity contribution in [3.63, 3.8) is 0 Å². The molecule has 0 heterocycles. The Labute approximate surface area is 110 Å². The van der Waals surface area contributed by atoms with Gasteiger partial charge in [-0.3, -0.25) is 10.2 Å². The number of aromatic hydroxyl groups is 1. The second-order valence-electron chi connectivity index (χ2n) is 3.93. The Balaban J connectivity index is 2.06. The molecule has 5 heteroatoms. The van der Waals surface area contributed by atoms with Crippen molar-refractivity contribution in [2.45, 2.75) is 6.61 Å². The van der Waals surface area contributed by atoms with E-state index >= 15 is 0 Å². The third kappa shape index (κ3) is 3.23. The smallest absolute Gasteiger partial charge is 0.268 e. The largest absolute Gasteiger partial charge is 0.507 e. The Kier molecular flexibility index (Phi) is 4.00. The highest BCUT2D eigenvalue weighted by atomic mass is 16.5. The highest BCUT2D eigenvalue weighted by molar-refractivity contribution is 5.96. The van der Waals surface area contributed by atoms with E-state index in [-0.39, 0.29) is 11.3 Å². The van der Waals surface area contributed by atoms with E-state index in [4.69, 9.17) is 10.6 Å². The zero-order chi connectivity index (χ0) is 13.7. The number of phenolic OH excluding ortho intramolecular Hbond substituents is 1. The van der Waals surface area contributed by atoms with Gasteiger partial charge in [-0.25, -0.2) is 5.84 Å². The molecule has 0 bridgehead atoms. The molecule has 0 aliphatic rings. The summed E-state index contributed by atoms with van der Waals surface area (Å²) in [5, 5.41) is 9.69. The molecule has 0 spiro atoms. The van der Waals surface area contributed by atoms with E-state index < -0.39 is 5.91 Å². The summed E-state index contributed by atoms with van der Waals surface area (Å²) in [5.74, 6) is 4.76. The SMILES string of the molecule is NNC(=O)c1ccc(OCc2ccccc2)cc1O. The van der Waals surface area contributed by atoms with Crippen LogP contribution in [0.1, 0.15) is 15.9 Å². The lowest BCUT2D eigenvalue weighted by molar-refractivity contribution is 0.0951. The quantitative estimate of drug-likeness (QED) is 0.441. The molecule has 4 N–H and O–H groups in total. The summed E-state index contributed by atoms with van der Waals surface area (Å²) in [6.45, 7) is 0.392. The maximum atomic E-state index is 11.3. The minimum atomic E-state index is -0.549. The number of hydrazine groups is 1. The molecule has 0 atom stereocenters. The Morgan fingerprint density at radius 1 is 1.21 bits per heavy atom. The van der Waals surface area contributed by atoms with Crippen LogP contribution in [0.4, 0.5) is 0 Å². The topological polar surface area (TPSA) is 84.6 Å². The predicted octanol–water partition coefficient (Wildman–Crippen LogP) is 1.57. The van der Waals surface area contributed by atoms with Crippen LogP contribution in [0.2, 0.25) is 0 Å². The molecular weight excluding hydrogens is 244 g/mol. The van der Waals surface area contributed by atoms with Gasteiger partial charge in [0.1, 0.15) is 18.1 Å². The highest BCUT2D eigenvalue weighted by Gasteiger charge is 2.10. The van der Waals surface area contributed by atoms with Crippen molar-refractivity contribution >= 4 is 5.91 Å². The van der Waals surface area contributed by atoms with Gasteiger partial charge in [0.25, 0.3) is 5.91 Å². The number of amides is 1. The van der Waals surface area contributed by atoms with Gasteiger partial charge < -0.3 is 9.84 Å². The van der Waals surface area contributed by atoms with Gasteiger partial charge in [0.15, 0.2) is 0 Å². The zero-order valence-electron chi connectivity index (χ0n) is 10.2. The van der Waals surface area contributed by atoms with Gasteiger partial charge in [-0.1, -0.05) is 30.3 Å². The molecule has 2 aromatic rings. The van der Waals surface area contributed by atoms with Crippen LogP contribution in [-0.2, 0) is 6.61 Å². The Morgan fingerprint density at radius 2 is 1.95 bits per heavy atom. The summed E-state index contributed by atoms with van der Waals surface area (Å²) in [6, 6.07) is 14.1. The number of carbonyl (C=O) groups excluding carboxylic acids is 1. The second-order valence-corrected chi connectivity index (χ2v) is 3.93. The van der Waals surface area contributed by atoms with Gasteiger partial charge >= 0.3 is 0 Å². The van der Waals surface area contributed by atoms with E-state index in [1.54, 1.807) is 6.07 Å². The second kappa shape index (κ2) is 5.88. The molecule has 2 aromatic carbocycles. The van der Waals surface area contributed by atoms with E-state index in [0.29, 0.717) is 12.4 Å². The number of nitrogens with two attached hydrogens (primary N) is 1. The number of hydrogen-bond donors (Lipinski definition) is 3. The summed E-state index contributed by atoms with van der Waals surface area (Å²) >= 11 is 0. The summed E-state index contributed by atoms with van der Waals surface area (Å²) in [6.07, 6.45) is 0. The first-order valence-corrected chi connectivity index (χ1v) is 5.71. The molecule has 2 rings (SSSR count). The molecule has 0 unspecified atom stereocenters. The van der Waals surface area contributed by atoms with Gasteiger partial charge in [0, 0.05) is 6.07 Å². The highest BCUT2D eigenvalue weighted by Crippen LogP contribution is 2.24. The van der Waals surface area contributed by atoms with E-state index in [9.17, 15) is 9.90 Å². The Morgan fingerprint density at radius 3 is 2.58 bits per heavy atom. The lowest BCUT2D eigenvalue weighted by atomic mass is 10.2. The molecule has 19 heavy (non-hydrogen) atoms. The monoisotopic (exact) mass is 258 g/mol. The first-order chi connectivity index (χ1) is 9.20. The molecule has 0 aliphatic heterocycles. The molecule has 5 nitrogen and oxygen atoms in total. The summed E-state index contributed by atoms with van der Waals surface area (Å²) < 4.78 is 5.52. The number of carbonyl (C=O) groups is 1. The summed E-state index contributed by atoms with van der Waals surface area (Å²) in [7, 11) is 0. The van der Waals surface area contributed by atoms with E-state index in [1.165, 1.54) is 12.1 Å². The van der Waals surface area contributed by atoms with Crippen molar-refractivity contribution in [3.05, 3.63) is 59.7 Å². The zero-order valence-corrected chi connectivity index (χ0v) is 10.2. The first-order valence-electron chi connectivity index (χ1n) is 5.71. The lowest BCUT2D eigenvalue weighted by Crippen LogP contribution is -2.29. The minimum absolute atomic E-state index is 0.106. The molecule has 1 amide bonds. The normalized spacial score (nSPS) is 9.95. The molecule has 0 aromatic heterocycles. The van der Waals surface area contributed by atoms with Crippen molar-refractivity contribution < 1.29 is 14.6 Å². The van der Waals surface area contributed by atoms with Crippen LogP contribution >= 0.6 is 0 Å². The van der Waals surface area contributed by atoms with Gasteiger partial charge in [0.05, 0.1) is 5.56 Å². The van der Waals surface area contributed by atoms with E-state index in [2.05, 4.69) is 0 Å². The molecule has 98 valence electrons. The minimum Gasteiger partial charge on any atom is -0.507 e. The molecular formula is C14H14N2O3. The maximum Gasteiger partial charge on any atom is 0.268 e. The van der Waals surface area contributed by atoms with Crippen molar-refractivity contribution in [2.75, 3.05) is 0 Å². The van der Waals surface area contributed by atoms with Crippen LogP contribution in [0.25, 0.3) is 0 Å². The van der Waals surface area contributed by atoms with Gasteiger partial charge in [-0.2, -0.15) is 0 Å². The van der Waals surface area contributed by atoms with Crippen molar-refractivity contribution in [3.8, 4) is 11.5 Å². The number of benzene rings is 2. The molecule has 0 aliphatic carbocycles. The van der Waals surface area contributed by atoms with Crippen LogP contribution in [0.5, 0.6) is 11.5 Å². The fraction of sp³-hybridized carbons (Fsp3) is 0.0714. The van der Waals surface area contributed by atoms with E-state index in [1.807, 2.05) is 35.8 Å². The lowest BCUT2D eigenvalue weighted by Gasteiger charge is -2.08. The average Bonchev–Trinajstić information content (AvgIpc) is 2.45. The Hall–Kier alpha value is -2.53. The van der Waals surface area contributed by atoms with Crippen molar-refractivity contribution in [2.24, 2.45) is 5.84 Å². The number of phenols is 1. The molecule has 0 fully saturated rings. The first kappa shape index (κ1) is 12.9. The number of rotatable bonds is 4. The predicted molar refractivity (Wildman–Crippen MR) is 70.5 cm³/mol. The van der Waals surface area contributed by atoms with Crippen LogP contribution in [-0.4, -0.2) is 11.0 Å². The van der Waals surface area contributed by atoms with Crippen LogP contribution < -0.4 is 16.0 Å². The van der Waals surface area contributed by atoms with E-state index in [0.717, 1.165) is 5.56 Å². The fourth-order valence-electron chi connectivity index (χ4n) is 1.61.